The summed E-state index contributed by atoms with van der Waals surface area (Å²) in [5, 5.41) is 11.7. The van der Waals surface area contributed by atoms with Gasteiger partial charge in [-0.25, -0.2) is 4.79 Å². The number of rotatable bonds is 2. The molecular weight excluding hydrogens is 192 g/mol. The van der Waals surface area contributed by atoms with E-state index in [1.807, 2.05) is 0 Å². The molecule has 4 heteroatoms. The van der Waals surface area contributed by atoms with Crippen LogP contribution in [-0.4, -0.2) is 23.3 Å². The van der Waals surface area contributed by atoms with E-state index in [-0.39, 0.29) is 16.9 Å². The van der Waals surface area contributed by atoms with Crippen molar-refractivity contribution in [3.63, 3.8) is 0 Å². The minimum atomic E-state index is -0.940. The number of carboxylic acid groups (broad SMARTS) is 1. The maximum absolute atomic E-state index is 10.9. The molecule has 0 radical (unpaired) electrons. The molecular formula is C11H22N2O2. The van der Waals surface area contributed by atoms with Crippen molar-refractivity contribution in [2.24, 2.45) is 17.1 Å². The van der Waals surface area contributed by atoms with E-state index in [0.29, 0.717) is 6.54 Å². The van der Waals surface area contributed by atoms with Gasteiger partial charge in [-0.2, -0.15) is 0 Å². The topological polar surface area (TPSA) is 75.3 Å². The van der Waals surface area contributed by atoms with Crippen molar-refractivity contribution < 1.29 is 9.90 Å². The second kappa shape index (κ2) is 4.00. The van der Waals surface area contributed by atoms with Gasteiger partial charge in [-0.1, -0.05) is 27.2 Å². The van der Waals surface area contributed by atoms with Crippen LogP contribution in [0, 0.1) is 11.3 Å². The Kier molecular flexibility index (Phi) is 3.28. The van der Waals surface area contributed by atoms with Gasteiger partial charge < -0.3 is 16.2 Å². The van der Waals surface area contributed by atoms with Crippen LogP contribution in [0.5, 0.6) is 0 Å². The smallest absolute Gasteiger partial charge is 0.405 e. The van der Waals surface area contributed by atoms with E-state index in [9.17, 15) is 4.79 Å². The van der Waals surface area contributed by atoms with Crippen molar-refractivity contribution in [2.75, 3.05) is 6.54 Å². The van der Waals surface area contributed by atoms with Gasteiger partial charge in [-0.05, 0) is 30.7 Å². The molecule has 4 N–H and O–H groups in total. The predicted molar refractivity (Wildman–Crippen MR) is 59.7 cm³/mol. The SMILES string of the molecule is CC(C)(C)[C@]1(NC(=O)O)CCC[C@H]1CN. The van der Waals surface area contributed by atoms with E-state index in [4.69, 9.17) is 10.8 Å². The van der Waals surface area contributed by atoms with Gasteiger partial charge in [0.1, 0.15) is 0 Å². The zero-order valence-corrected chi connectivity index (χ0v) is 9.84. The Morgan fingerprint density at radius 2 is 2.20 bits per heavy atom. The summed E-state index contributed by atoms with van der Waals surface area (Å²) in [7, 11) is 0. The molecule has 0 heterocycles. The van der Waals surface area contributed by atoms with Crippen molar-refractivity contribution >= 4 is 6.09 Å². The van der Waals surface area contributed by atoms with E-state index in [0.717, 1.165) is 19.3 Å². The molecule has 0 unspecified atom stereocenters. The van der Waals surface area contributed by atoms with Crippen LogP contribution in [0.2, 0.25) is 0 Å². The van der Waals surface area contributed by atoms with Crippen LogP contribution in [0.4, 0.5) is 4.79 Å². The summed E-state index contributed by atoms with van der Waals surface area (Å²) in [5.41, 5.74) is 5.30. The van der Waals surface area contributed by atoms with E-state index >= 15 is 0 Å². The Labute approximate surface area is 91.2 Å². The lowest BCUT2D eigenvalue weighted by Crippen LogP contribution is -2.60. The molecule has 1 amide bonds. The average Bonchev–Trinajstić information content (AvgIpc) is 2.46. The number of amides is 1. The predicted octanol–water partition coefficient (Wildman–Crippen LogP) is 1.80. The first-order valence-electron chi connectivity index (χ1n) is 5.54. The molecule has 0 aromatic carbocycles. The number of hydrogen-bond donors (Lipinski definition) is 3. The lowest BCUT2D eigenvalue weighted by Gasteiger charge is -2.46. The van der Waals surface area contributed by atoms with E-state index in [1.54, 1.807) is 0 Å². The first-order valence-corrected chi connectivity index (χ1v) is 5.54. The fourth-order valence-electron chi connectivity index (χ4n) is 2.93. The Hall–Kier alpha value is -0.770. The Morgan fingerprint density at radius 3 is 2.60 bits per heavy atom. The second-order valence-corrected chi connectivity index (χ2v) is 5.48. The quantitative estimate of drug-likeness (QED) is 0.656. The fraction of sp³-hybridized carbons (Fsp3) is 0.909. The third kappa shape index (κ3) is 2.09. The van der Waals surface area contributed by atoms with Gasteiger partial charge >= 0.3 is 6.09 Å². The summed E-state index contributed by atoms with van der Waals surface area (Å²) in [5.74, 6) is 0.258. The molecule has 0 bridgehead atoms. The summed E-state index contributed by atoms with van der Waals surface area (Å²) in [6.07, 6.45) is 2.03. The van der Waals surface area contributed by atoms with E-state index in [2.05, 4.69) is 26.1 Å². The van der Waals surface area contributed by atoms with Crippen molar-refractivity contribution in [1.82, 2.24) is 5.32 Å². The van der Waals surface area contributed by atoms with Crippen LogP contribution in [-0.2, 0) is 0 Å². The molecule has 0 aromatic heterocycles. The van der Waals surface area contributed by atoms with Crippen LogP contribution in [0.1, 0.15) is 40.0 Å². The highest BCUT2D eigenvalue weighted by atomic mass is 16.4. The molecule has 0 aromatic rings. The van der Waals surface area contributed by atoms with E-state index in [1.165, 1.54) is 0 Å². The minimum absolute atomic E-state index is 0.0913. The van der Waals surface area contributed by atoms with Gasteiger partial charge in [0, 0.05) is 0 Å². The monoisotopic (exact) mass is 214 g/mol. The summed E-state index contributed by atoms with van der Waals surface area (Å²) < 4.78 is 0. The molecule has 0 spiro atoms. The number of carbonyl (C=O) groups is 1. The minimum Gasteiger partial charge on any atom is -0.465 e. The molecule has 1 saturated carbocycles. The average molecular weight is 214 g/mol. The van der Waals surface area contributed by atoms with Crippen molar-refractivity contribution in [3.8, 4) is 0 Å². The summed E-state index contributed by atoms with van der Waals surface area (Å²) in [6.45, 7) is 6.79. The van der Waals surface area contributed by atoms with Crippen molar-refractivity contribution in [3.05, 3.63) is 0 Å². The van der Waals surface area contributed by atoms with Crippen LogP contribution in [0.15, 0.2) is 0 Å². The molecule has 0 saturated heterocycles. The van der Waals surface area contributed by atoms with Crippen LogP contribution >= 0.6 is 0 Å². The van der Waals surface area contributed by atoms with Crippen LogP contribution in [0.25, 0.3) is 0 Å². The molecule has 1 aliphatic rings. The third-order valence-electron chi connectivity index (χ3n) is 3.77. The lowest BCUT2D eigenvalue weighted by atomic mass is 9.67. The van der Waals surface area contributed by atoms with Gasteiger partial charge in [0.05, 0.1) is 5.54 Å². The van der Waals surface area contributed by atoms with Gasteiger partial charge in [0.25, 0.3) is 0 Å². The first-order chi connectivity index (χ1) is 6.83. The second-order valence-electron chi connectivity index (χ2n) is 5.48. The zero-order valence-electron chi connectivity index (χ0n) is 9.84. The molecule has 88 valence electrons. The Bertz CT molecular complexity index is 247. The lowest BCUT2D eigenvalue weighted by molar-refractivity contribution is 0.0874. The van der Waals surface area contributed by atoms with Crippen LogP contribution in [0.3, 0.4) is 0 Å². The zero-order chi connectivity index (χ0) is 11.7. The molecule has 1 aliphatic carbocycles. The summed E-state index contributed by atoms with van der Waals surface area (Å²) in [4.78, 5) is 10.9. The molecule has 1 fully saturated rings. The molecule has 2 atom stereocenters. The standard InChI is InChI=1S/C11H22N2O2/c1-10(2,3)11(13-9(14)15)6-4-5-8(11)7-12/h8,13H,4-7,12H2,1-3H3,(H,14,15)/t8-,11-/m0/s1. The molecule has 4 nitrogen and oxygen atoms in total. The molecule has 15 heavy (non-hydrogen) atoms. The van der Waals surface area contributed by atoms with Gasteiger partial charge in [-0.15, -0.1) is 0 Å². The Morgan fingerprint density at radius 1 is 1.60 bits per heavy atom. The first kappa shape index (κ1) is 12.3. The van der Waals surface area contributed by atoms with Gasteiger partial charge in [0.15, 0.2) is 0 Å². The highest BCUT2D eigenvalue weighted by Gasteiger charge is 2.51. The largest absolute Gasteiger partial charge is 0.465 e. The normalized spacial score (nSPS) is 31.6. The highest BCUT2D eigenvalue weighted by Crippen LogP contribution is 2.46. The summed E-state index contributed by atoms with van der Waals surface area (Å²) in [6, 6.07) is 0. The molecule has 0 aliphatic heterocycles. The third-order valence-corrected chi connectivity index (χ3v) is 3.77. The summed E-state index contributed by atoms with van der Waals surface area (Å²) >= 11 is 0. The van der Waals surface area contributed by atoms with Gasteiger partial charge in [0.2, 0.25) is 0 Å². The number of nitrogens with two attached hydrogens (primary N) is 1. The van der Waals surface area contributed by atoms with Crippen molar-refractivity contribution in [1.29, 1.82) is 0 Å². The fourth-order valence-corrected chi connectivity index (χ4v) is 2.93. The van der Waals surface area contributed by atoms with Gasteiger partial charge in [-0.3, -0.25) is 0 Å². The van der Waals surface area contributed by atoms with E-state index < -0.39 is 6.09 Å². The highest BCUT2D eigenvalue weighted by molar-refractivity contribution is 5.66. The number of nitrogens with one attached hydrogen (secondary N) is 1. The number of hydrogen-bond acceptors (Lipinski definition) is 2. The van der Waals surface area contributed by atoms with Crippen molar-refractivity contribution in [2.45, 2.75) is 45.6 Å². The maximum atomic E-state index is 10.9. The Balaban J connectivity index is 3.00. The van der Waals surface area contributed by atoms with Crippen LogP contribution < -0.4 is 11.1 Å². The maximum Gasteiger partial charge on any atom is 0.405 e. The molecule has 1 rings (SSSR count).